The number of amides is 1. The van der Waals surface area contributed by atoms with Crippen LogP contribution in [0.1, 0.15) is 24.0 Å². The van der Waals surface area contributed by atoms with E-state index in [-0.39, 0.29) is 10.8 Å². The van der Waals surface area contributed by atoms with Crippen LogP contribution in [0.5, 0.6) is 0 Å². The Balaban J connectivity index is 1.76. The summed E-state index contributed by atoms with van der Waals surface area (Å²) in [7, 11) is -0.541. The van der Waals surface area contributed by atoms with Crippen molar-refractivity contribution in [3.63, 3.8) is 0 Å². The molecule has 2 heterocycles. The van der Waals surface area contributed by atoms with Crippen molar-refractivity contribution in [2.24, 2.45) is 0 Å². The predicted octanol–water partition coefficient (Wildman–Crippen LogP) is 2.57. The first-order valence-corrected chi connectivity index (χ1v) is 11.3. The first kappa shape index (κ1) is 20.1. The lowest BCUT2D eigenvalue weighted by atomic mass is 9.73. The van der Waals surface area contributed by atoms with Crippen molar-refractivity contribution in [3.05, 3.63) is 59.7 Å². The van der Waals surface area contributed by atoms with Crippen LogP contribution >= 0.6 is 0 Å². The van der Waals surface area contributed by atoms with Gasteiger partial charge in [-0.05, 0) is 42.5 Å². The molecular formula is C22H26N2O4S. The smallest absolute Gasteiger partial charge is 0.242 e. The van der Waals surface area contributed by atoms with Crippen molar-refractivity contribution in [2.75, 3.05) is 38.8 Å². The van der Waals surface area contributed by atoms with E-state index >= 15 is 0 Å². The number of hydrogen-bond donors (Lipinski definition) is 0. The predicted molar refractivity (Wildman–Crippen MR) is 112 cm³/mol. The molecule has 0 N–H and O–H groups in total. The van der Waals surface area contributed by atoms with Crippen LogP contribution in [0.4, 0.5) is 5.69 Å². The summed E-state index contributed by atoms with van der Waals surface area (Å²) >= 11 is 0. The number of carbonyl (C=O) groups excluding carboxylic acids is 1. The lowest BCUT2D eigenvalue weighted by Gasteiger charge is -2.39. The van der Waals surface area contributed by atoms with E-state index in [4.69, 9.17) is 4.74 Å². The number of carbonyl (C=O) groups is 1. The molecule has 1 fully saturated rings. The number of rotatable bonds is 4. The van der Waals surface area contributed by atoms with Gasteiger partial charge < -0.3 is 9.64 Å². The van der Waals surface area contributed by atoms with Gasteiger partial charge >= 0.3 is 0 Å². The molecule has 0 atom stereocenters. The van der Waals surface area contributed by atoms with Gasteiger partial charge in [0.1, 0.15) is 0 Å². The molecule has 2 aliphatic rings. The third kappa shape index (κ3) is 3.37. The van der Waals surface area contributed by atoms with Crippen molar-refractivity contribution in [3.8, 4) is 0 Å². The van der Waals surface area contributed by atoms with Crippen LogP contribution in [-0.2, 0) is 31.4 Å². The van der Waals surface area contributed by atoms with Crippen molar-refractivity contribution < 1.29 is 17.9 Å². The Kier molecular flexibility index (Phi) is 5.23. The second kappa shape index (κ2) is 7.55. The Morgan fingerprint density at radius 3 is 2.41 bits per heavy atom. The quantitative estimate of drug-likeness (QED) is 0.771. The van der Waals surface area contributed by atoms with Gasteiger partial charge in [0.05, 0.1) is 10.3 Å². The summed E-state index contributed by atoms with van der Waals surface area (Å²) in [5, 5.41) is 0. The molecule has 0 aromatic heterocycles. The van der Waals surface area contributed by atoms with Gasteiger partial charge in [-0.25, -0.2) is 12.7 Å². The zero-order valence-corrected chi connectivity index (χ0v) is 17.6. The minimum atomic E-state index is -3.56. The molecule has 29 heavy (non-hydrogen) atoms. The van der Waals surface area contributed by atoms with Crippen LogP contribution in [0.15, 0.2) is 53.4 Å². The fourth-order valence-corrected chi connectivity index (χ4v) is 5.22. The molecule has 0 saturated carbocycles. The average Bonchev–Trinajstić information content (AvgIpc) is 3.17. The molecule has 1 saturated heterocycles. The van der Waals surface area contributed by atoms with Gasteiger partial charge in [0.15, 0.2) is 0 Å². The number of hydrogen-bond acceptors (Lipinski definition) is 4. The molecule has 154 valence electrons. The molecule has 2 aromatic rings. The van der Waals surface area contributed by atoms with E-state index in [0.717, 1.165) is 17.5 Å². The fourth-order valence-electron chi connectivity index (χ4n) is 4.30. The normalized spacial score (nSPS) is 18.7. The lowest BCUT2D eigenvalue weighted by Crippen LogP contribution is -2.49. The van der Waals surface area contributed by atoms with Crippen molar-refractivity contribution >= 4 is 21.6 Å². The summed E-state index contributed by atoms with van der Waals surface area (Å²) in [6, 6.07) is 15.0. The molecule has 0 unspecified atom stereocenters. The number of sulfonamides is 1. The van der Waals surface area contributed by atoms with E-state index in [0.29, 0.717) is 38.3 Å². The molecule has 0 radical (unpaired) electrons. The van der Waals surface area contributed by atoms with Gasteiger partial charge in [-0.15, -0.1) is 0 Å². The maximum atomic E-state index is 13.9. The molecule has 0 spiro atoms. The first-order valence-electron chi connectivity index (χ1n) is 9.87. The van der Waals surface area contributed by atoms with Gasteiger partial charge in [0.25, 0.3) is 0 Å². The Morgan fingerprint density at radius 2 is 1.76 bits per heavy atom. The highest BCUT2D eigenvalue weighted by Crippen LogP contribution is 2.40. The topological polar surface area (TPSA) is 66.9 Å². The van der Waals surface area contributed by atoms with Crippen molar-refractivity contribution in [2.45, 2.75) is 29.6 Å². The van der Waals surface area contributed by atoms with Gasteiger partial charge in [-0.1, -0.05) is 36.4 Å². The monoisotopic (exact) mass is 414 g/mol. The van der Waals surface area contributed by atoms with Gasteiger partial charge in [0, 0.05) is 39.5 Å². The lowest BCUT2D eigenvalue weighted by molar-refractivity contribution is -0.127. The van der Waals surface area contributed by atoms with Gasteiger partial charge in [-0.3, -0.25) is 4.79 Å². The third-order valence-electron chi connectivity index (χ3n) is 6.06. The molecule has 7 heteroatoms. The molecule has 0 aliphatic carbocycles. The molecule has 2 aromatic carbocycles. The van der Waals surface area contributed by atoms with E-state index < -0.39 is 15.4 Å². The van der Waals surface area contributed by atoms with E-state index in [2.05, 4.69) is 0 Å². The second-order valence-corrected chi connectivity index (χ2v) is 10.00. The van der Waals surface area contributed by atoms with E-state index in [1.165, 1.54) is 18.4 Å². The number of nitrogens with zero attached hydrogens (tertiary/aromatic N) is 2. The number of benzene rings is 2. The summed E-state index contributed by atoms with van der Waals surface area (Å²) in [4.78, 5) is 15.9. The van der Waals surface area contributed by atoms with E-state index in [1.54, 1.807) is 17.0 Å². The highest BCUT2D eigenvalue weighted by molar-refractivity contribution is 7.89. The number of ether oxygens (including phenoxy) is 1. The molecule has 4 rings (SSSR count). The number of anilines is 1. The molecule has 2 aliphatic heterocycles. The van der Waals surface area contributed by atoms with Crippen LogP contribution in [0.25, 0.3) is 0 Å². The maximum absolute atomic E-state index is 13.9. The fraction of sp³-hybridized carbons (Fsp3) is 0.409. The van der Waals surface area contributed by atoms with Crippen molar-refractivity contribution in [1.29, 1.82) is 0 Å². The summed E-state index contributed by atoms with van der Waals surface area (Å²) in [5.74, 6) is 0.0325. The van der Waals surface area contributed by atoms with Gasteiger partial charge in [0.2, 0.25) is 15.9 Å². The standard InChI is InChI=1S/C22H26N2O4S/c1-23(2)29(26,27)19-9-8-17-10-13-24(20(17)16-19)21(25)22(11-14-28-15-12-22)18-6-4-3-5-7-18/h3-9,16H,10-15H2,1-2H3. The summed E-state index contributed by atoms with van der Waals surface area (Å²) < 4.78 is 32.0. The Hall–Kier alpha value is -2.22. The zero-order valence-electron chi connectivity index (χ0n) is 16.8. The zero-order chi connectivity index (χ0) is 20.6. The minimum Gasteiger partial charge on any atom is -0.381 e. The Labute approximate surface area is 172 Å². The summed E-state index contributed by atoms with van der Waals surface area (Å²) in [5.41, 5.74) is 2.07. The largest absolute Gasteiger partial charge is 0.381 e. The summed E-state index contributed by atoms with van der Waals surface area (Å²) in [6.45, 7) is 1.64. The maximum Gasteiger partial charge on any atom is 0.242 e. The summed E-state index contributed by atoms with van der Waals surface area (Å²) in [6.07, 6.45) is 1.97. The van der Waals surface area contributed by atoms with Crippen LogP contribution < -0.4 is 4.90 Å². The van der Waals surface area contributed by atoms with E-state index in [9.17, 15) is 13.2 Å². The minimum absolute atomic E-state index is 0.0325. The van der Waals surface area contributed by atoms with Crippen LogP contribution in [0.2, 0.25) is 0 Å². The van der Waals surface area contributed by atoms with Crippen molar-refractivity contribution in [1.82, 2.24) is 4.31 Å². The van der Waals surface area contributed by atoms with Crippen LogP contribution in [0.3, 0.4) is 0 Å². The molecule has 1 amide bonds. The number of fused-ring (bicyclic) bond motifs is 1. The SMILES string of the molecule is CN(C)S(=O)(=O)c1ccc2c(c1)N(C(=O)C1(c3ccccc3)CCOCC1)CC2. The second-order valence-electron chi connectivity index (χ2n) is 7.85. The van der Waals surface area contributed by atoms with E-state index in [1.807, 2.05) is 36.4 Å². The highest BCUT2D eigenvalue weighted by Gasteiger charge is 2.45. The Bertz CT molecular complexity index is 1010. The van der Waals surface area contributed by atoms with Crippen LogP contribution in [0, 0.1) is 0 Å². The third-order valence-corrected chi connectivity index (χ3v) is 7.87. The molecule has 6 nitrogen and oxygen atoms in total. The highest BCUT2D eigenvalue weighted by atomic mass is 32.2. The first-order chi connectivity index (χ1) is 13.9. The van der Waals surface area contributed by atoms with Crippen LogP contribution in [-0.4, -0.2) is 52.5 Å². The molecular weight excluding hydrogens is 388 g/mol. The average molecular weight is 415 g/mol. The molecule has 0 bridgehead atoms. The Morgan fingerprint density at radius 1 is 1.07 bits per heavy atom. The van der Waals surface area contributed by atoms with Gasteiger partial charge in [-0.2, -0.15) is 0 Å².